The van der Waals surface area contributed by atoms with Crippen LogP contribution in [0.5, 0.6) is 0 Å². The number of carbonyl (C=O) groups excluding carboxylic acids is 2. The molecule has 0 saturated carbocycles. The van der Waals surface area contributed by atoms with Crippen molar-refractivity contribution >= 4 is 23.3 Å². The molecule has 3 heterocycles. The molecule has 1 atom stereocenters. The highest BCUT2D eigenvalue weighted by molar-refractivity contribution is 6.10. The van der Waals surface area contributed by atoms with Gasteiger partial charge in [-0.2, -0.15) is 23.4 Å². The number of azo groups is 1. The van der Waals surface area contributed by atoms with Crippen LogP contribution in [0.2, 0.25) is 0 Å². The van der Waals surface area contributed by atoms with E-state index in [0.717, 1.165) is 0 Å². The van der Waals surface area contributed by atoms with Gasteiger partial charge in [0.2, 0.25) is 5.91 Å². The summed E-state index contributed by atoms with van der Waals surface area (Å²) < 4.78 is 39.5. The molecule has 0 bridgehead atoms. The number of aromatic nitrogens is 1. The number of rotatable bonds is 3. The van der Waals surface area contributed by atoms with Gasteiger partial charge in [0.25, 0.3) is 5.91 Å². The summed E-state index contributed by atoms with van der Waals surface area (Å²) in [7, 11) is 0. The van der Waals surface area contributed by atoms with Gasteiger partial charge in [-0.1, -0.05) is 12.1 Å². The van der Waals surface area contributed by atoms with Crippen LogP contribution in [0.25, 0.3) is 11.1 Å². The SMILES string of the molecule is CC(=O)Nc1ncccc1-c1ccc2c(c1)N(CC(F)(F)F)C(=O)C1=CN=NC12. The second-order valence-corrected chi connectivity index (χ2v) is 6.58. The van der Waals surface area contributed by atoms with Crippen molar-refractivity contribution in [1.29, 1.82) is 0 Å². The average Bonchev–Trinajstić information content (AvgIpc) is 3.14. The molecule has 2 aliphatic rings. The Kier molecular flexibility index (Phi) is 4.40. The molecule has 1 unspecified atom stereocenters. The summed E-state index contributed by atoms with van der Waals surface area (Å²) in [5.41, 5.74) is 1.68. The fraction of sp³-hybridized carbons (Fsp3) is 0.211. The number of hydrogen-bond acceptors (Lipinski definition) is 5. The topological polar surface area (TPSA) is 87.0 Å². The monoisotopic (exact) mass is 401 g/mol. The Morgan fingerprint density at radius 3 is 2.79 bits per heavy atom. The molecule has 0 radical (unpaired) electrons. The fourth-order valence-corrected chi connectivity index (χ4v) is 3.38. The van der Waals surface area contributed by atoms with Gasteiger partial charge in [0.15, 0.2) is 0 Å². The average molecular weight is 401 g/mol. The van der Waals surface area contributed by atoms with Crippen LogP contribution in [0.4, 0.5) is 24.7 Å². The normalized spacial score (nSPS) is 17.7. The Morgan fingerprint density at radius 2 is 2.07 bits per heavy atom. The lowest BCUT2D eigenvalue weighted by Gasteiger charge is -2.33. The van der Waals surface area contributed by atoms with Gasteiger partial charge in [-0.3, -0.25) is 14.5 Å². The van der Waals surface area contributed by atoms with Crippen molar-refractivity contribution in [2.45, 2.75) is 19.1 Å². The first-order valence-corrected chi connectivity index (χ1v) is 8.60. The fourth-order valence-electron chi connectivity index (χ4n) is 3.38. The van der Waals surface area contributed by atoms with Gasteiger partial charge in [-0.05, 0) is 23.8 Å². The summed E-state index contributed by atoms with van der Waals surface area (Å²) in [5, 5.41) is 10.3. The maximum absolute atomic E-state index is 13.2. The Bertz CT molecular complexity index is 1080. The van der Waals surface area contributed by atoms with Crippen molar-refractivity contribution in [3.63, 3.8) is 0 Å². The standard InChI is InChI=1S/C19H14F3N5O2/c1-10(28)25-17-12(3-2-6-23-17)11-4-5-13-15(7-11)27(9-19(20,21)22)18(29)14-8-24-26-16(13)14/h2-8,16H,9H2,1H3,(H,23,25,28). The Morgan fingerprint density at radius 1 is 1.28 bits per heavy atom. The minimum absolute atomic E-state index is 0.102. The van der Waals surface area contributed by atoms with Gasteiger partial charge >= 0.3 is 6.18 Å². The Hall–Kier alpha value is -3.56. The van der Waals surface area contributed by atoms with Gasteiger partial charge in [0.05, 0.1) is 17.5 Å². The number of nitrogens with zero attached hydrogens (tertiary/aromatic N) is 4. The van der Waals surface area contributed by atoms with Gasteiger partial charge in [-0.25, -0.2) is 4.98 Å². The van der Waals surface area contributed by atoms with Gasteiger partial charge in [0.1, 0.15) is 18.4 Å². The number of halogens is 3. The van der Waals surface area contributed by atoms with Crippen LogP contribution in [-0.2, 0) is 9.59 Å². The molecular weight excluding hydrogens is 387 g/mol. The first kappa shape index (κ1) is 18.8. The number of hydrogen-bond donors (Lipinski definition) is 1. The Labute approximate surface area is 163 Å². The van der Waals surface area contributed by atoms with E-state index in [1.54, 1.807) is 24.3 Å². The lowest BCUT2D eigenvalue weighted by atomic mass is 9.90. The minimum Gasteiger partial charge on any atom is -0.310 e. The third-order valence-corrected chi connectivity index (χ3v) is 4.53. The zero-order chi connectivity index (χ0) is 20.8. The third-order valence-electron chi connectivity index (χ3n) is 4.53. The number of fused-ring (bicyclic) bond motifs is 3. The molecule has 148 valence electrons. The van der Waals surface area contributed by atoms with Crippen molar-refractivity contribution in [3.8, 4) is 11.1 Å². The highest BCUT2D eigenvalue weighted by Gasteiger charge is 2.43. The van der Waals surface area contributed by atoms with Gasteiger partial charge in [0, 0.05) is 24.2 Å². The molecule has 0 spiro atoms. The molecule has 2 aliphatic heterocycles. The van der Waals surface area contributed by atoms with Crippen molar-refractivity contribution in [3.05, 3.63) is 53.9 Å². The maximum atomic E-state index is 13.2. The van der Waals surface area contributed by atoms with E-state index in [-0.39, 0.29) is 23.0 Å². The van der Waals surface area contributed by atoms with E-state index in [9.17, 15) is 22.8 Å². The molecule has 1 aromatic carbocycles. The van der Waals surface area contributed by atoms with Crippen LogP contribution in [0.1, 0.15) is 18.5 Å². The van der Waals surface area contributed by atoms with Crippen molar-refractivity contribution in [1.82, 2.24) is 4.98 Å². The van der Waals surface area contributed by atoms with Gasteiger partial charge < -0.3 is 5.32 Å². The zero-order valence-electron chi connectivity index (χ0n) is 15.1. The van der Waals surface area contributed by atoms with Crippen molar-refractivity contribution in [2.75, 3.05) is 16.8 Å². The second-order valence-electron chi connectivity index (χ2n) is 6.58. The molecule has 2 aromatic rings. The maximum Gasteiger partial charge on any atom is 0.406 e. The molecule has 0 fully saturated rings. The van der Waals surface area contributed by atoms with Crippen molar-refractivity contribution < 1.29 is 22.8 Å². The van der Waals surface area contributed by atoms with Crippen LogP contribution in [0, 0.1) is 0 Å². The predicted octanol–water partition coefficient (Wildman–Crippen LogP) is 4.01. The molecule has 7 nitrogen and oxygen atoms in total. The number of anilines is 2. The van der Waals surface area contributed by atoms with Crippen LogP contribution in [-0.4, -0.2) is 29.5 Å². The van der Waals surface area contributed by atoms with E-state index in [1.165, 1.54) is 25.4 Å². The number of benzene rings is 1. The molecule has 10 heteroatoms. The molecule has 1 N–H and O–H groups in total. The largest absolute Gasteiger partial charge is 0.406 e. The van der Waals surface area contributed by atoms with Gasteiger partial charge in [-0.15, -0.1) is 0 Å². The summed E-state index contributed by atoms with van der Waals surface area (Å²) in [6.45, 7) is -0.105. The summed E-state index contributed by atoms with van der Waals surface area (Å²) in [6, 6.07) is 7.39. The van der Waals surface area contributed by atoms with Crippen LogP contribution >= 0.6 is 0 Å². The zero-order valence-corrected chi connectivity index (χ0v) is 15.1. The molecule has 4 rings (SSSR count). The van der Waals surface area contributed by atoms with E-state index in [0.29, 0.717) is 21.6 Å². The summed E-state index contributed by atoms with van der Waals surface area (Å²) in [5.74, 6) is -0.848. The molecular formula is C19H14F3N5O2. The van der Waals surface area contributed by atoms with Crippen molar-refractivity contribution in [2.24, 2.45) is 10.2 Å². The third kappa shape index (κ3) is 3.48. The predicted molar refractivity (Wildman–Crippen MR) is 98.1 cm³/mol. The number of amides is 2. The van der Waals surface area contributed by atoms with E-state index in [1.807, 2.05) is 0 Å². The molecule has 0 saturated heterocycles. The first-order valence-electron chi connectivity index (χ1n) is 8.60. The number of pyridine rings is 1. The molecule has 2 amide bonds. The first-order chi connectivity index (χ1) is 13.7. The van der Waals surface area contributed by atoms with Crippen LogP contribution in [0.3, 0.4) is 0 Å². The van der Waals surface area contributed by atoms with Crippen LogP contribution < -0.4 is 10.2 Å². The second kappa shape index (κ2) is 6.80. The van der Waals surface area contributed by atoms with E-state index >= 15 is 0 Å². The number of carbonyl (C=O) groups is 2. The molecule has 0 aliphatic carbocycles. The van der Waals surface area contributed by atoms with E-state index < -0.39 is 24.7 Å². The lowest BCUT2D eigenvalue weighted by Crippen LogP contribution is -2.43. The number of alkyl halides is 3. The van der Waals surface area contributed by atoms with E-state index in [2.05, 4.69) is 20.5 Å². The van der Waals surface area contributed by atoms with E-state index in [4.69, 9.17) is 0 Å². The summed E-state index contributed by atoms with van der Waals surface area (Å²) in [6.07, 6.45) is -1.90. The van der Waals surface area contributed by atoms with Crippen LogP contribution in [0.15, 0.2) is 58.5 Å². The minimum atomic E-state index is -4.58. The highest BCUT2D eigenvalue weighted by atomic mass is 19.4. The highest BCUT2D eigenvalue weighted by Crippen LogP contribution is 2.45. The molecule has 1 aromatic heterocycles. The quantitative estimate of drug-likeness (QED) is 0.843. The summed E-state index contributed by atoms with van der Waals surface area (Å²) >= 11 is 0. The summed E-state index contributed by atoms with van der Waals surface area (Å²) in [4.78, 5) is 28.9. The number of nitrogens with one attached hydrogen (secondary N) is 1. The Balaban J connectivity index is 1.85. The smallest absolute Gasteiger partial charge is 0.310 e. The lowest BCUT2D eigenvalue weighted by molar-refractivity contribution is -0.130. The molecule has 29 heavy (non-hydrogen) atoms.